The lowest BCUT2D eigenvalue weighted by Gasteiger charge is -2.55. The maximum atomic E-state index is 12.5. The number of primary amides is 1. The van der Waals surface area contributed by atoms with Gasteiger partial charge in [0.25, 0.3) is 0 Å². The zero-order valence-electron chi connectivity index (χ0n) is 14.4. The van der Waals surface area contributed by atoms with Gasteiger partial charge in [-0.1, -0.05) is 23.2 Å². The molecule has 0 unspecified atom stereocenters. The fourth-order valence-corrected chi connectivity index (χ4v) is 5.46. The minimum atomic E-state index is -0.500. The van der Waals surface area contributed by atoms with Gasteiger partial charge >= 0.3 is 0 Å². The summed E-state index contributed by atoms with van der Waals surface area (Å²) in [4.78, 5) is 33.1. The van der Waals surface area contributed by atoms with E-state index in [1.54, 1.807) is 12.3 Å². The Morgan fingerprint density at radius 1 is 1.31 bits per heavy atom. The van der Waals surface area contributed by atoms with Crippen LogP contribution >= 0.6 is 23.2 Å². The maximum Gasteiger partial charge on any atom is 0.240 e. The molecule has 1 aromatic rings. The van der Waals surface area contributed by atoms with Crippen LogP contribution < -0.4 is 5.73 Å². The van der Waals surface area contributed by atoms with Crippen molar-refractivity contribution in [3.8, 4) is 0 Å². The number of piperidine rings is 3. The van der Waals surface area contributed by atoms with Crippen LogP contribution in [0.3, 0.4) is 0 Å². The number of nitrogens with two attached hydrogens (primary N) is 1. The second-order valence-corrected chi connectivity index (χ2v) is 8.48. The number of carbonyl (C=O) groups is 2. The van der Waals surface area contributed by atoms with Crippen molar-refractivity contribution in [3.63, 3.8) is 0 Å². The van der Waals surface area contributed by atoms with E-state index >= 15 is 0 Å². The van der Waals surface area contributed by atoms with E-state index in [-0.39, 0.29) is 17.9 Å². The monoisotopic (exact) mass is 396 g/mol. The molecule has 0 aromatic carbocycles. The Hall–Kier alpha value is -1.37. The summed E-state index contributed by atoms with van der Waals surface area (Å²) in [5, 5.41) is 1.06. The number of nitrogens with zero attached hydrogens (tertiary/aromatic N) is 3. The summed E-state index contributed by atoms with van der Waals surface area (Å²) in [6, 6.07) is 1.31. The predicted octanol–water partition coefficient (Wildman–Crippen LogP) is 2.08. The predicted molar refractivity (Wildman–Crippen MR) is 98.6 cm³/mol. The van der Waals surface area contributed by atoms with Crippen molar-refractivity contribution in [3.05, 3.63) is 28.0 Å². The minimum absolute atomic E-state index is 0.0654. The lowest BCUT2D eigenvalue weighted by molar-refractivity contribution is -0.159. The van der Waals surface area contributed by atoms with E-state index in [9.17, 15) is 9.59 Å². The van der Waals surface area contributed by atoms with Crippen LogP contribution in [0, 0.1) is 11.8 Å². The van der Waals surface area contributed by atoms with E-state index in [0.29, 0.717) is 35.5 Å². The molecule has 2 bridgehead atoms. The molecule has 0 spiro atoms. The second-order valence-electron chi connectivity index (χ2n) is 7.64. The van der Waals surface area contributed by atoms with Crippen LogP contribution in [0.5, 0.6) is 0 Å². The Morgan fingerprint density at radius 2 is 2.08 bits per heavy atom. The van der Waals surface area contributed by atoms with Crippen LogP contribution in [-0.4, -0.2) is 51.8 Å². The zero-order chi connectivity index (χ0) is 18.4. The zero-order valence-corrected chi connectivity index (χ0v) is 15.9. The standard InChI is InChI=1S/C18H22Cl2N4O2/c19-12-5-13(20)14(22-6-12)9-23-7-10-4-11(8-23)17(18(21)26)24-15(10)2-1-3-16(24)25/h5-6,10-11,15,17H,1-4,7-9H2,(H2,21,26)/t10-,11+,15+,17-/m1/s1. The van der Waals surface area contributed by atoms with E-state index in [4.69, 9.17) is 28.9 Å². The van der Waals surface area contributed by atoms with E-state index in [0.717, 1.165) is 31.5 Å². The molecule has 3 aliphatic heterocycles. The van der Waals surface area contributed by atoms with Crippen LogP contribution in [0.1, 0.15) is 31.4 Å². The van der Waals surface area contributed by atoms with Crippen molar-refractivity contribution in [2.45, 2.75) is 44.3 Å². The van der Waals surface area contributed by atoms with E-state index in [1.165, 1.54) is 0 Å². The molecule has 4 atom stereocenters. The van der Waals surface area contributed by atoms with Crippen molar-refractivity contribution < 1.29 is 9.59 Å². The van der Waals surface area contributed by atoms with Gasteiger partial charge in [-0.25, -0.2) is 0 Å². The van der Waals surface area contributed by atoms with Gasteiger partial charge in [-0.15, -0.1) is 0 Å². The number of hydrogen-bond donors (Lipinski definition) is 1. The largest absolute Gasteiger partial charge is 0.368 e. The third kappa shape index (κ3) is 3.19. The summed E-state index contributed by atoms with van der Waals surface area (Å²) in [5.41, 5.74) is 6.49. The first-order chi connectivity index (χ1) is 12.4. The lowest BCUT2D eigenvalue weighted by Crippen LogP contribution is -2.67. The fraction of sp³-hybridized carbons (Fsp3) is 0.611. The third-order valence-electron chi connectivity index (χ3n) is 5.97. The molecule has 2 amide bonds. The van der Waals surface area contributed by atoms with Gasteiger partial charge in [-0.05, 0) is 31.2 Å². The van der Waals surface area contributed by atoms with Crippen LogP contribution in [0.4, 0.5) is 0 Å². The highest BCUT2D eigenvalue weighted by atomic mass is 35.5. The van der Waals surface area contributed by atoms with Gasteiger partial charge in [0.1, 0.15) is 6.04 Å². The summed E-state index contributed by atoms with van der Waals surface area (Å²) in [5.74, 6) is 0.115. The molecule has 8 heteroatoms. The molecule has 4 heterocycles. The van der Waals surface area contributed by atoms with Gasteiger partial charge < -0.3 is 10.6 Å². The summed E-state index contributed by atoms with van der Waals surface area (Å²) < 4.78 is 0. The smallest absolute Gasteiger partial charge is 0.240 e. The average Bonchev–Trinajstić information content (AvgIpc) is 2.58. The number of rotatable bonds is 3. The molecule has 140 valence electrons. The van der Waals surface area contributed by atoms with Crippen LogP contribution in [0.15, 0.2) is 12.3 Å². The molecule has 0 aliphatic carbocycles. The Bertz CT molecular complexity index is 744. The van der Waals surface area contributed by atoms with Crippen molar-refractivity contribution in [1.29, 1.82) is 0 Å². The van der Waals surface area contributed by atoms with Crippen LogP contribution in [0.25, 0.3) is 0 Å². The van der Waals surface area contributed by atoms with Crippen molar-refractivity contribution in [2.75, 3.05) is 13.1 Å². The van der Waals surface area contributed by atoms with Gasteiger partial charge in [-0.2, -0.15) is 0 Å². The third-order valence-corrected chi connectivity index (χ3v) is 6.50. The Morgan fingerprint density at radius 3 is 2.81 bits per heavy atom. The Balaban J connectivity index is 1.58. The topological polar surface area (TPSA) is 79.5 Å². The number of carbonyl (C=O) groups excluding carboxylic acids is 2. The summed E-state index contributed by atoms with van der Waals surface area (Å²) >= 11 is 12.2. The van der Waals surface area contributed by atoms with E-state index in [1.807, 2.05) is 4.90 Å². The molecular formula is C18H22Cl2N4O2. The SMILES string of the molecule is NC(=O)[C@H]1[C@H]2C[C@H](CN(Cc3ncc(Cl)cc3Cl)C2)[C@@H]2CCCC(=O)N21. The molecule has 1 aromatic heterocycles. The summed E-state index contributed by atoms with van der Waals surface area (Å²) in [6.07, 6.45) is 4.90. The molecule has 3 aliphatic rings. The number of pyridine rings is 1. The molecular weight excluding hydrogens is 375 g/mol. The molecule has 4 rings (SSSR count). The van der Waals surface area contributed by atoms with E-state index in [2.05, 4.69) is 9.88 Å². The second kappa shape index (κ2) is 6.98. The minimum Gasteiger partial charge on any atom is -0.368 e. The van der Waals surface area contributed by atoms with Crippen molar-refractivity contribution in [2.24, 2.45) is 17.6 Å². The maximum absolute atomic E-state index is 12.5. The number of aromatic nitrogens is 1. The van der Waals surface area contributed by atoms with Gasteiger partial charge in [0.2, 0.25) is 11.8 Å². The molecule has 0 saturated carbocycles. The van der Waals surface area contributed by atoms with Gasteiger partial charge in [0.05, 0.1) is 15.7 Å². The highest BCUT2D eigenvalue weighted by Gasteiger charge is 2.51. The first-order valence-electron chi connectivity index (χ1n) is 9.07. The normalized spacial score (nSPS) is 31.6. The lowest BCUT2D eigenvalue weighted by atomic mass is 9.72. The Kier molecular flexibility index (Phi) is 4.84. The summed E-state index contributed by atoms with van der Waals surface area (Å²) in [7, 11) is 0. The molecule has 2 N–H and O–H groups in total. The number of halogens is 2. The highest BCUT2D eigenvalue weighted by Crippen LogP contribution is 2.41. The van der Waals surface area contributed by atoms with Gasteiger partial charge in [0, 0.05) is 44.2 Å². The average molecular weight is 397 g/mol. The first-order valence-corrected chi connectivity index (χ1v) is 9.82. The van der Waals surface area contributed by atoms with Gasteiger partial charge in [-0.3, -0.25) is 19.5 Å². The van der Waals surface area contributed by atoms with Crippen molar-refractivity contribution in [1.82, 2.24) is 14.8 Å². The first kappa shape index (κ1) is 18.0. The fourth-order valence-electron chi connectivity index (χ4n) is 5.02. The molecule has 26 heavy (non-hydrogen) atoms. The van der Waals surface area contributed by atoms with Crippen LogP contribution in [0.2, 0.25) is 10.0 Å². The van der Waals surface area contributed by atoms with E-state index < -0.39 is 11.9 Å². The molecule has 0 radical (unpaired) electrons. The molecule has 6 nitrogen and oxygen atoms in total. The molecule has 3 saturated heterocycles. The van der Waals surface area contributed by atoms with Crippen LogP contribution in [-0.2, 0) is 16.1 Å². The van der Waals surface area contributed by atoms with Crippen molar-refractivity contribution >= 4 is 35.0 Å². The Labute approximate surface area is 162 Å². The number of fused-ring (bicyclic) bond motifs is 4. The quantitative estimate of drug-likeness (QED) is 0.847. The number of amides is 2. The molecule has 3 fully saturated rings. The number of hydrogen-bond acceptors (Lipinski definition) is 4. The summed E-state index contributed by atoms with van der Waals surface area (Å²) in [6.45, 7) is 2.19. The number of likely N-dealkylation sites (tertiary alicyclic amines) is 1. The highest BCUT2D eigenvalue weighted by molar-refractivity contribution is 6.34. The van der Waals surface area contributed by atoms with Gasteiger partial charge in [0.15, 0.2) is 0 Å².